The van der Waals surface area contributed by atoms with Gasteiger partial charge in [-0.05, 0) is 25.1 Å². The summed E-state index contributed by atoms with van der Waals surface area (Å²) in [5.74, 6) is -0.129. The molecule has 1 aromatic rings. The van der Waals surface area contributed by atoms with Gasteiger partial charge < -0.3 is 20.7 Å². The van der Waals surface area contributed by atoms with Crippen LogP contribution in [-0.2, 0) is 9.59 Å². The smallest absolute Gasteiger partial charge is 0.227 e. The summed E-state index contributed by atoms with van der Waals surface area (Å²) in [7, 11) is 1.53. The monoisotopic (exact) mass is 325 g/mol. The fourth-order valence-corrected chi connectivity index (χ4v) is 2.58. The average molecular weight is 326 g/mol. The third kappa shape index (κ3) is 3.51. The maximum atomic E-state index is 12.2. The van der Waals surface area contributed by atoms with Crippen molar-refractivity contribution in [3.63, 3.8) is 0 Å². The molecular formula is C15H20ClN3O3. The number of carbonyl (C=O) groups is 2. The normalized spacial score (nSPS) is 19.2. The molecule has 0 saturated carbocycles. The number of hydrogen-bond acceptors (Lipinski definition) is 4. The van der Waals surface area contributed by atoms with E-state index in [-0.39, 0.29) is 24.3 Å². The summed E-state index contributed by atoms with van der Waals surface area (Å²) >= 11 is 6.00. The Bertz CT molecular complexity index is 579. The van der Waals surface area contributed by atoms with E-state index >= 15 is 0 Å². The molecule has 0 spiro atoms. The number of carbonyl (C=O) groups excluding carboxylic acids is 2. The summed E-state index contributed by atoms with van der Waals surface area (Å²) in [6.45, 7) is 2.49. The van der Waals surface area contributed by atoms with Gasteiger partial charge in [-0.25, -0.2) is 0 Å². The minimum Gasteiger partial charge on any atom is -0.495 e. The summed E-state index contributed by atoms with van der Waals surface area (Å²) < 4.78 is 5.27. The number of nitrogens with two attached hydrogens (primary N) is 1. The molecule has 0 aromatic heterocycles. The van der Waals surface area contributed by atoms with Crippen molar-refractivity contribution in [2.75, 3.05) is 25.1 Å². The van der Waals surface area contributed by atoms with Crippen LogP contribution in [0.5, 0.6) is 5.75 Å². The Morgan fingerprint density at radius 1 is 1.59 bits per heavy atom. The number of nitrogens with zero attached hydrogens (tertiary/aromatic N) is 1. The number of nitrogens with one attached hydrogen (secondary N) is 1. The molecule has 6 nitrogen and oxygen atoms in total. The average Bonchev–Trinajstić information content (AvgIpc) is 2.89. The molecule has 0 radical (unpaired) electrons. The number of methoxy groups -OCH3 is 1. The summed E-state index contributed by atoms with van der Waals surface area (Å²) in [5.41, 5.74) is 6.08. The van der Waals surface area contributed by atoms with Crippen LogP contribution in [0.25, 0.3) is 0 Å². The lowest BCUT2D eigenvalue weighted by Crippen LogP contribution is -2.41. The Morgan fingerprint density at radius 3 is 2.95 bits per heavy atom. The van der Waals surface area contributed by atoms with Crippen molar-refractivity contribution in [1.29, 1.82) is 0 Å². The SMILES string of the molecule is COc1ccc(Cl)cc1N1CC(C(=O)N[C@@H](C)CN)CC1=O. The van der Waals surface area contributed by atoms with Crippen LogP contribution in [0.1, 0.15) is 13.3 Å². The number of hydrogen-bond donors (Lipinski definition) is 2. The summed E-state index contributed by atoms with van der Waals surface area (Å²) in [6.07, 6.45) is 0.165. The van der Waals surface area contributed by atoms with Crippen molar-refractivity contribution in [2.45, 2.75) is 19.4 Å². The van der Waals surface area contributed by atoms with Crippen LogP contribution in [-0.4, -0.2) is 38.1 Å². The quantitative estimate of drug-likeness (QED) is 0.851. The molecule has 2 atom stereocenters. The predicted octanol–water partition coefficient (Wildman–Crippen LogP) is 1.16. The van der Waals surface area contributed by atoms with Crippen LogP contribution in [0, 0.1) is 5.92 Å². The number of amides is 2. The molecular weight excluding hydrogens is 306 g/mol. The highest BCUT2D eigenvalue weighted by atomic mass is 35.5. The van der Waals surface area contributed by atoms with Crippen LogP contribution < -0.4 is 20.7 Å². The molecule has 0 bridgehead atoms. The molecule has 3 N–H and O–H groups in total. The van der Waals surface area contributed by atoms with Gasteiger partial charge in [0.25, 0.3) is 0 Å². The Hall–Kier alpha value is -1.79. The van der Waals surface area contributed by atoms with E-state index in [1.54, 1.807) is 23.1 Å². The molecule has 2 rings (SSSR count). The molecule has 1 aliphatic heterocycles. The molecule has 7 heteroatoms. The molecule has 1 heterocycles. The van der Waals surface area contributed by atoms with Gasteiger partial charge >= 0.3 is 0 Å². The van der Waals surface area contributed by atoms with E-state index in [0.29, 0.717) is 29.5 Å². The largest absolute Gasteiger partial charge is 0.495 e. The molecule has 1 unspecified atom stereocenters. The number of anilines is 1. The van der Waals surface area contributed by atoms with Gasteiger partial charge in [-0.2, -0.15) is 0 Å². The Labute approximate surface area is 134 Å². The van der Waals surface area contributed by atoms with Gasteiger partial charge in [-0.3, -0.25) is 9.59 Å². The molecule has 22 heavy (non-hydrogen) atoms. The van der Waals surface area contributed by atoms with Crippen LogP contribution in [0.4, 0.5) is 5.69 Å². The molecule has 0 aliphatic carbocycles. The van der Waals surface area contributed by atoms with E-state index in [2.05, 4.69) is 5.32 Å². The standard InChI is InChI=1S/C15H20ClN3O3/c1-9(7-17)18-15(21)10-5-14(20)19(8-10)12-6-11(16)3-4-13(12)22-2/h3-4,6,9-10H,5,7-8,17H2,1-2H3,(H,18,21)/t9-,10?/m0/s1. The van der Waals surface area contributed by atoms with Gasteiger partial charge in [-0.15, -0.1) is 0 Å². The molecule has 120 valence electrons. The lowest BCUT2D eigenvalue weighted by molar-refractivity contribution is -0.126. The van der Waals surface area contributed by atoms with Crippen LogP contribution in [0.3, 0.4) is 0 Å². The first-order chi connectivity index (χ1) is 10.5. The first kappa shape index (κ1) is 16.6. The predicted molar refractivity (Wildman–Crippen MR) is 85.1 cm³/mol. The van der Waals surface area contributed by atoms with Crippen molar-refractivity contribution < 1.29 is 14.3 Å². The van der Waals surface area contributed by atoms with Crippen molar-refractivity contribution in [3.05, 3.63) is 23.2 Å². The highest BCUT2D eigenvalue weighted by molar-refractivity contribution is 6.31. The molecule has 1 fully saturated rings. The maximum Gasteiger partial charge on any atom is 0.227 e. The van der Waals surface area contributed by atoms with E-state index < -0.39 is 5.92 Å². The van der Waals surface area contributed by atoms with Gasteiger partial charge in [0.05, 0.1) is 18.7 Å². The molecule has 1 aliphatic rings. The van der Waals surface area contributed by atoms with Gasteiger partial charge in [0.15, 0.2) is 0 Å². The number of ether oxygens (including phenoxy) is 1. The topological polar surface area (TPSA) is 84.7 Å². The molecule has 1 saturated heterocycles. The zero-order valence-electron chi connectivity index (χ0n) is 12.6. The lowest BCUT2D eigenvalue weighted by atomic mass is 10.1. The number of rotatable bonds is 5. The third-order valence-corrected chi connectivity index (χ3v) is 3.90. The van der Waals surface area contributed by atoms with Crippen LogP contribution >= 0.6 is 11.6 Å². The zero-order chi connectivity index (χ0) is 16.3. The third-order valence-electron chi connectivity index (χ3n) is 3.67. The zero-order valence-corrected chi connectivity index (χ0v) is 13.4. The highest BCUT2D eigenvalue weighted by Crippen LogP contribution is 2.35. The Balaban J connectivity index is 2.16. The summed E-state index contributed by atoms with van der Waals surface area (Å²) in [5, 5.41) is 3.31. The second kappa shape index (κ2) is 6.98. The highest BCUT2D eigenvalue weighted by Gasteiger charge is 2.36. The number of benzene rings is 1. The number of halogens is 1. The fourth-order valence-electron chi connectivity index (χ4n) is 2.41. The van der Waals surface area contributed by atoms with E-state index in [4.69, 9.17) is 22.1 Å². The minimum atomic E-state index is -0.398. The van der Waals surface area contributed by atoms with Gasteiger partial charge in [0.2, 0.25) is 11.8 Å². The fraction of sp³-hybridized carbons (Fsp3) is 0.467. The van der Waals surface area contributed by atoms with Crippen molar-refractivity contribution in [2.24, 2.45) is 11.7 Å². The van der Waals surface area contributed by atoms with Crippen molar-refractivity contribution >= 4 is 29.1 Å². The first-order valence-corrected chi connectivity index (χ1v) is 7.48. The Morgan fingerprint density at radius 2 is 2.32 bits per heavy atom. The lowest BCUT2D eigenvalue weighted by Gasteiger charge is -2.20. The van der Waals surface area contributed by atoms with Crippen molar-refractivity contribution in [3.8, 4) is 5.75 Å². The van der Waals surface area contributed by atoms with Crippen molar-refractivity contribution in [1.82, 2.24) is 5.32 Å². The van der Waals surface area contributed by atoms with E-state index in [1.807, 2.05) is 6.92 Å². The van der Waals surface area contributed by atoms with Gasteiger partial charge in [-0.1, -0.05) is 11.6 Å². The van der Waals surface area contributed by atoms with E-state index in [0.717, 1.165) is 0 Å². The second-order valence-electron chi connectivity index (χ2n) is 5.37. The molecule has 1 aromatic carbocycles. The first-order valence-electron chi connectivity index (χ1n) is 7.10. The van der Waals surface area contributed by atoms with Gasteiger partial charge in [0, 0.05) is 30.6 Å². The van der Waals surface area contributed by atoms with Gasteiger partial charge in [0.1, 0.15) is 5.75 Å². The maximum absolute atomic E-state index is 12.2. The molecule has 2 amide bonds. The summed E-state index contributed by atoms with van der Waals surface area (Å²) in [4.78, 5) is 25.9. The minimum absolute atomic E-state index is 0.114. The van der Waals surface area contributed by atoms with E-state index in [9.17, 15) is 9.59 Å². The van der Waals surface area contributed by atoms with E-state index in [1.165, 1.54) is 7.11 Å². The second-order valence-corrected chi connectivity index (χ2v) is 5.80. The van der Waals surface area contributed by atoms with Crippen LogP contribution in [0.2, 0.25) is 5.02 Å². The summed E-state index contributed by atoms with van der Waals surface area (Å²) in [6, 6.07) is 4.95. The Kier molecular flexibility index (Phi) is 5.26. The van der Waals surface area contributed by atoms with Crippen LogP contribution in [0.15, 0.2) is 18.2 Å².